The second-order valence-corrected chi connectivity index (χ2v) is 8.23. The van der Waals surface area contributed by atoms with Crippen molar-refractivity contribution in [1.82, 2.24) is 14.8 Å². The Kier molecular flexibility index (Phi) is 6.98. The highest BCUT2D eigenvalue weighted by atomic mass is 32.2. The number of carbonyl (C=O) groups is 2. The minimum atomic E-state index is -4.00. The maximum absolute atomic E-state index is 12.3. The number of methoxy groups -OCH3 is 1. The van der Waals surface area contributed by atoms with Gasteiger partial charge in [0, 0.05) is 18.9 Å². The maximum Gasteiger partial charge on any atom is 0.360 e. The summed E-state index contributed by atoms with van der Waals surface area (Å²) >= 11 is 0. The molecule has 3 rings (SSSR count). The quantitative estimate of drug-likeness (QED) is 0.481. The van der Waals surface area contributed by atoms with Gasteiger partial charge in [-0.2, -0.15) is 5.10 Å². The van der Waals surface area contributed by atoms with Crippen molar-refractivity contribution in [1.29, 1.82) is 0 Å². The molecule has 1 amide bonds. The lowest BCUT2D eigenvalue weighted by Gasteiger charge is -2.07. The topological polar surface area (TPSA) is 132 Å². The summed E-state index contributed by atoms with van der Waals surface area (Å²) in [6.45, 7) is 0.448. The van der Waals surface area contributed by atoms with Crippen LogP contribution >= 0.6 is 0 Å². The molecule has 11 heteroatoms. The van der Waals surface area contributed by atoms with Crippen LogP contribution in [0.15, 0.2) is 60.9 Å². The van der Waals surface area contributed by atoms with E-state index in [0.29, 0.717) is 13.0 Å². The predicted molar refractivity (Wildman–Crippen MR) is 114 cm³/mol. The molecule has 0 radical (unpaired) electrons. The van der Waals surface area contributed by atoms with Gasteiger partial charge in [-0.05, 0) is 24.1 Å². The predicted octanol–water partition coefficient (Wildman–Crippen LogP) is 1.69. The van der Waals surface area contributed by atoms with Gasteiger partial charge in [0.15, 0.2) is 5.69 Å². The summed E-state index contributed by atoms with van der Waals surface area (Å²) in [5.74, 6) is -2.35. The van der Waals surface area contributed by atoms with Crippen molar-refractivity contribution in [2.75, 3.05) is 22.9 Å². The van der Waals surface area contributed by atoms with E-state index in [1.165, 1.54) is 30.3 Å². The van der Waals surface area contributed by atoms with E-state index in [1.54, 1.807) is 12.1 Å². The molecule has 0 saturated carbocycles. The number of rotatable bonds is 9. The Morgan fingerprint density at radius 2 is 1.84 bits per heavy atom. The van der Waals surface area contributed by atoms with Crippen molar-refractivity contribution >= 4 is 33.4 Å². The van der Waals surface area contributed by atoms with Crippen LogP contribution in [0.4, 0.5) is 11.5 Å². The smallest absolute Gasteiger partial charge is 0.360 e. The van der Waals surface area contributed by atoms with Gasteiger partial charge in [0.25, 0.3) is 0 Å². The molecule has 0 aliphatic heterocycles. The average Bonchev–Trinajstić information content (AvgIpc) is 3.14. The Hall–Kier alpha value is -3.73. The van der Waals surface area contributed by atoms with Gasteiger partial charge in [0.2, 0.25) is 15.9 Å². The fraction of sp³-hybridized carbons (Fsp3) is 0.200. The first-order valence-corrected chi connectivity index (χ1v) is 10.9. The number of amides is 1. The van der Waals surface area contributed by atoms with Gasteiger partial charge in [-0.15, -0.1) is 0 Å². The zero-order valence-corrected chi connectivity index (χ0v) is 17.5. The summed E-state index contributed by atoms with van der Waals surface area (Å²) in [4.78, 5) is 28.2. The first-order chi connectivity index (χ1) is 14.9. The number of hydrogen-bond acceptors (Lipinski definition) is 7. The van der Waals surface area contributed by atoms with Crippen LogP contribution in [0.25, 0.3) is 0 Å². The largest absolute Gasteiger partial charge is 0.464 e. The number of aromatic nitrogens is 3. The molecule has 0 spiro atoms. The van der Waals surface area contributed by atoms with Gasteiger partial charge in [-0.3, -0.25) is 14.2 Å². The lowest BCUT2D eigenvalue weighted by Crippen LogP contribution is -2.28. The molecule has 0 unspecified atom stereocenters. The molecule has 0 saturated heterocycles. The Bertz CT molecular complexity index is 1150. The van der Waals surface area contributed by atoms with E-state index in [0.717, 1.165) is 5.56 Å². The van der Waals surface area contributed by atoms with E-state index >= 15 is 0 Å². The van der Waals surface area contributed by atoms with Crippen molar-refractivity contribution < 1.29 is 22.7 Å². The number of aryl methyl sites for hydroxylation is 2. The van der Waals surface area contributed by atoms with Crippen molar-refractivity contribution in [3.8, 4) is 0 Å². The summed E-state index contributed by atoms with van der Waals surface area (Å²) < 4.78 is 32.9. The lowest BCUT2D eigenvalue weighted by molar-refractivity contribution is -0.113. The zero-order chi connectivity index (χ0) is 22.3. The van der Waals surface area contributed by atoms with Gasteiger partial charge >= 0.3 is 5.97 Å². The van der Waals surface area contributed by atoms with Crippen LogP contribution in [0.3, 0.4) is 0 Å². The molecule has 31 heavy (non-hydrogen) atoms. The third-order valence-corrected chi connectivity index (χ3v) is 5.30. The number of sulfonamides is 1. The van der Waals surface area contributed by atoms with Gasteiger partial charge < -0.3 is 10.1 Å². The number of carbonyl (C=O) groups excluding carboxylic acids is 2. The molecule has 162 valence electrons. The second-order valence-electron chi connectivity index (χ2n) is 6.51. The van der Waals surface area contributed by atoms with Gasteiger partial charge in [-0.1, -0.05) is 36.4 Å². The molecule has 0 aliphatic carbocycles. The van der Waals surface area contributed by atoms with Gasteiger partial charge in [-0.25, -0.2) is 18.2 Å². The normalized spacial score (nSPS) is 11.0. The summed E-state index contributed by atoms with van der Waals surface area (Å²) in [5, 5.41) is 6.59. The molecule has 0 bridgehead atoms. The molecule has 2 aromatic heterocycles. The summed E-state index contributed by atoms with van der Waals surface area (Å²) in [5.41, 5.74) is 1.03. The summed E-state index contributed by atoms with van der Waals surface area (Å²) in [7, 11) is -2.81. The lowest BCUT2D eigenvalue weighted by atomic mass is 10.1. The molecule has 0 aliphatic rings. The molecule has 0 atom stereocenters. The van der Waals surface area contributed by atoms with Crippen LogP contribution in [0.1, 0.15) is 16.1 Å². The number of esters is 1. The number of anilines is 2. The monoisotopic (exact) mass is 443 g/mol. The molecule has 2 heterocycles. The first-order valence-electron chi connectivity index (χ1n) is 9.27. The Balaban J connectivity index is 1.69. The highest BCUT2D eigenvalue weighted by Crippen LogP contribution is 2.16. The Morgan fingerprint density at radius 3 is 2.52 bits per heavy atom. The van der Waals surface area contributed by atoms with Crippen LogP contribution in [0.5, 0.6) is 0 Å². The third-order valence-electron chi connectivity index (χ3n) is 4.13. The fourth-order valence-electron chi connectivity index (χ4n) is 2.74. The average molecular weight is 443 g/mol. The van der Waals surface area contributed by atoms with E-state index in [9.17, 15) is 18.0 Å². The van der Waals surface area contributed by atoms with Crippen LogP contribution in [0, 0.1) is 0 Å². The van der Waals surface area contributed by atoms with Crippen molar-refractivity contribution in [2.45, 2.75) is 13.0 Å². The van der Waals surface area contributed by atoms with E-state index in [-0.39, 0.29) is 17.2 Å². The highest BCUT2D eigenvalue weighted by molar-refractivity contribution is 7.93. The first kappa shape index (κ1) is 22.0. The van der Waals surface area contributed by atoms with Crippen LogP contribution in [-0.2, 0) is 32.5 Å². The van der Waals surface area contributed by atoms with Gasteiger partial charge in [0.1, 0.15) is 11.6 Å². The zero-order valence-electron chi connectivity index (χ0n) is 16.7. The Morgan fingerprint density at radius 1 is 1.10 bits per heavy atom. The van der Waals surface area contributed by atoms with E-state index in [4.69, 9.17) is 4.74 Å². The molecule has 2 N–H and O–H groups in total. The van der Waals surface area contributed by atoms with Crippen molar-refractivity contribution in [3.05, 3.63) is 72.2 Å². The molecular weight excluding hydrogens is 422 g/mol. The number of hydrogen-bond donors (Lipinski definition) is 2. The molecular formula is C20H21N5O5S. The van der Waals surface area contributed by atoms with Crippen LogP contribution in [0.2, 0.25) is 0 Å². The van der Waals surface area contributed by atoms with Gasteiger partial charge in [0.05, 0.1) is 12.8 Å². The standard InChI is InChI=1S/C20H21N5O5S/c1-30-20(27)19-16(13-25(23-19)12-10-15-7-3-2-4-8-15)22-18(26)14-31(28,29)24-17-9-5-6-11-21-17/h2-9,11,13H,10,12,14H2,1H3,(H,21,24)(H,22,26). The number of benzene rings is 1. The SMILES string of the molecule is COC(=O)c1nn(CCc2ccccc2)cc1NC(=O)CS(=O)(=O)Nc1ccccn1. The highest BCUT2D eigenvalue weighted by Gasteiger charge is 2.22. The Labute approximate surface area is 179 Å². The molecule has 0 fully saturated rings. The maximum atomic E-state index is 12.3. The molecule has 10 nitrogen and oxygen atoms in total. The summed E-state index contributed by atoms with van der Waals surface area (Å²) in [6, 6.07) is 14.4. The summed E-state index contributed by atoms with van der Waals surface area (Å²) in [6.07, 6.45) is 3.54. The van der Waals surface area contributed by atoms with Crippen LogP contribution < -0.4 is 10.0 Å². The third kappa shape index (κ3) is 6.37. The van der Waals surface area contributed by atoms with E-state index < -0.39 is 27.7 Å². The minimum Gasteiger partial charge on any atom is -0.464 e. The molecule has 3 aromatic rings. The van der Waals surface area contributed by atoms with Crippen molar-refractivity contribution in [2.24, 2.45) is 0 Å². The van der Waals surface area contributed by atoms with Crippen molar-refractivity contribution in [3.63, 3.8) is 0 Å². The fourth-order valence-corrected chi connectivity index (χ4v) is 3.67. The van der Waals surface area contributed by atoms with E-state index in [2.05, 4.69) is 20.1 Å². The second kappa shape index (κ2) is 9.85. The number of nitrogens with zero attached hydrogens (tertiary/aromatic N) is 3. The molecule has 1 aromatic carbocycles. The van der Waals surface area contributed by atoms with E-state index in [1.807, 2.05) is 30.3 Å². The minimum absolute atomic E-state index is 0.0675. The van der Waals surface area contributed by atoms with Crippen LogP contribution in [-0.4, -0.2) is 47.9 Å². The number of nitrogens with one attached hydrogen (secondary N) is 2. The number of ether oxygens (including phenoxy) is 1. The number of pyridine rings is 1.